The van der Waals surface area contributed by atoms with Crippen LogP contribution in [-0.2, 0) is 11.3 Å². The average molecular weight is 620 g/mol. The van der Waals surface area contributed by atoms with Gasteiger partial charge in [0.25, 0.3) is 0 Å². The summed E-state index contributed by atoms with van der Waals surface area (Å²) < 4.78 is 13.8. The Morgan fingerprint density at radius 1 is 0.579 bits per heavy atom. The fourth-order valence-corrected chi connectivity index (χ4v) is 14.0. The molecule has 0 atom stereocenters. The van der Waals surface area contributed by atoms with E-state index in [2.05, 4.69) is 140 Å². The van der Waals surface area contributed by atoms with Crippen molar-refractivity contribution in [1.82, 2.24) is 0 Å². The van der Waals surface area contributed by atoms with Crippen molar-refractivity contribution in [1.29, 1.82) is 0 Å². The van der Waals surface area contributed by atoms with Crippen molar-refractivity contribution in [3.63, 3.8) is 0 Å². The molecule has 38 heavy (non-hydrogen) atoms. The van der Waals surface area contributed by atoms with Crippen LogP contribution in [0.4, 0.5) is 0 Å². The first kappa shape index (κ1) is 23.5. The molecule has 0 N–H and O–H groups in total. The first-order valence-corrected chi connectivity index (χ1v) is 17.0. The van der Waals surface area contributed by atoms with Crippen LogP contribution in [0.1, 0.15) is 27.8 Å². The van der Waals surface area contributed by atoms with Gasteiger partial charge in [-0.25, -0.2) is 0 Å². The molecule has 182 valence electrons. The molecule has 5 aromatic carbocycles. The second-order valence-corrected chi connectivity index (χ2v) is 15.5. The zero-order valence-corrected chi connectivity index (χ0v) is 24.1. The molecule has 0 aliphatic carbocycles. The maximum absolute atomic E-state index is 6.63. The number of fused-ring (bicyclic) bond motifs is 4. The number of rotatable bonds is 4. The summed E-state index contributed by atoms with van der Waals surface area (Å²) in [6.45, 7) is 0.621. The molecule has 0 aromatic heterocycles. The topological polar surface area (TPSA) is 9.23 Å². The van der Waals surface area contributed by atoms with E-state index in [0.717, 1.165) is 5.76 Å². The molecule has 2 heterocycles. The second kappa shape index (κ2) is 10.3. The van der Waals surface area contributed by atoms with Crippen molar-refractivity contribution in [2.24, 2.45) is 0 Å². The molecule has 0 bridgehead atoms. The fourth-order valence-electron chi connectivity index (χ4n) is 5.14. The van der Waals surface area contributed by atoms with Crippen molar-refractivity contribution in [3.8, 4) is 0 Å². The Labute approximate surface area is 234 Å². The maximum atomic E-state index is 6.63. The van der Waals surface area contributed by atoms with E-state index in [0.29, 0.717) is 6.61 Å². The molecule has 3 heteroatoms. The molecule has 0 spiro atoms. The van der Waals surface area contributed by atoms with E-state index in [1.165, 1.54) is 50.2 Å². The van der Waals surface area contributed by atoms with Crippen LogP contribution in [0.25, 0.3) is 19.2 Å². The van der Waals surface area contributed by atoms with E-state index in [9.17, 15) is 0 Å². The van der Waals surface area contributed by atoms with Gasteiger partial charge in [-0.15, -0.1) is 0 Å². The van der Waals surface area contributed by atoms with Gasteiger partial charge >= 0.3 is 236 Å². The minimum atomic E-state index is -1.73. The zero-order valence-electron chi connectivity index (χ0n) is 20.7. The van der Waals surface area contributed by atoms with Crippen LogP contribution in [0.3, 0.4) is 0 Å². The van der Waals surface area contributed by atoms with Crippen LogP contribution >= 0.6 is 0 Å². The number of benzene rings is 5. The van der Waals surface area contributed by atoms with E-state index in [1.807, 2.05) is 0 Å². The van der Waals surface area contributed by atoms with Crippen LogP contribution in [0, 0.1) is 0 Å². The quantitative estimate of drug-likeness (QED) is 0.210. The summed E-state index contributed by atoms with van der Waals surface area (Å²) in [6.07, 6.45) is 0. The van der Waals surface area contributed by atoms with Crippen molar-refractivity contribution in [3.05, 3.63) is 167 Å². The molecule has 0 amide bonds. The molecular weight excluding hydrogens is 594 g/mol. The Hall–Kier alpha value is -3.58. The van der Waals surface area contributed by atoms with Gasteiger partial charge in [0.05, 0.1) is 0 Å². The van der Waals surface area contributed by atoms with E-state index in [1.54, 1.807) is 0 Å². The van der Waals surface area contributed by atoms with Gasteiger partial charge < -0.3 is 0 Å². The number of ether oxygens (including phenoxy) is 1. The predicted molar refractivity (Wildman–Crippen MR) is 161 cm³/mol. The zero-order chi connectivity index (χ0) is 25.3. The molecule has 2 aliphatic heterocycles. The van der Waals surface area contributed by atoms with Crippen molar-refractivity contribution >= 4 is 57.0 Å². The van der Waals surface area contributed by atoms with E-state index < -0.39 is 13.9 Å². The van der Waals surface area contributed by atoms with Crippen LogP contribution in [0.15, 0.2) is 140 Å². The number of hydrogen-bond donors (Lipinski definition) is 0. The summed E-state index contributed by atoms with van der Waals surface area (Å²) in [5.41, 5.74) is 6.51. The molecule has 0 fully saturated rings. The molecule has 2 aliphatic rings. The first-order valence-electron chi connectivity index (χ1n) is 12.8. The second-order valence-electron chi connectivity index (χ2n) is 9.21. The van der Waals surface area contributed by atoms with Gasteiger partial charge in [-0.3, -0.25) is 0 Å². The first-order chi connectivity index (χ1) is 18.9. The van der Waals surface area contributed by atoms with Crippen LogP contribution in [0.2, 0.25) is 0 Å². The third-order valence-corrected chi connectivity index (χ3v) is 14.9. The van der Waals surface area contributed by atoms with Gasteiger partial charge in [-0.2, -0.15) is 0 Å². The van der Waals surface area contributed by atoms with Crippen molar-refractivity contribution in [2.75, 3.05) is 0 Å². The van der Waals surface area contributed by atoms with Gasteiger partial charge in [0.15, 0.2) is 0 Å². The summed E-state index contributed by atoms with van der Waals surface area (Å²) in [6, 6.07) is 51.0. The Morgan fingerprint density at radius 2 is 1.16 bits per heavy atom. The molecule has 0 saturated heterocycles. The van der Waals surface area contributed by atoms with E-state index in [-0.39, 0.29) is 15.0 Å². The van der Waals surface area contributed by atoms with Gasteiger partial charge in [0.2, 0.25) is 0 Å². The van der Waals surface area contributed by atoms with Gasteiger partial charge in [-0.1, -0.05) is 0 Å². The molecule has 5 aromatic rings. The fraction of sp³-hybridized carbons (Fsp3) is 0.0286. The summed E-state index contributed by atoms with van der Waals surface area (Å²) >= 11 is -1.60. The Bertz CT molecular complexity index is 1670. The Morgan fingerprint density at radius 3 is 1.89 bits per heavy atom. The minimum absolute atomic E-state index is 0.134. The molecule has 2 radical (unpaired) electrons. The average Bonchev–Trinajstić information content (AvgIpc) is 3.00. The molecule has 7 rings (SSSR count). The monoisotopic (exact) mass is 621 g/mol. The predicted octanol–water partition coefficient (Wildman–Crippen LogP) is 6.48. The SMILES string of the molecule is c1ccc([Se+]/C(=C2\c3ccccc3C3=C(c4ccccc4CO3)[Se]2c2ccccc2)c2ccccc2)cc1. The van der Waals surface area contributed by atoms with E-state index in [4.69, 9.17) is 4.74 Å². The summed E-state index contributed by atoms with van der Waals surface area (Å²) in [5.74, 6) is 1.08. The van der Waals surface area contributed by atoms with E-state index >= 15 is 0 Å². The van der Waals surface area contributed by atoms with Gasteiger partial charge in [0, 0.05) is 0 Å². The number of hydrogen-bond acceptors (Lipinski definition) is 1. The van der Waals surface area contributed by atoms with Crippen molar-refractivity contribution in [2.45, 2.75) is 6.61 Å². The molecule has 1 nitrogen and oxygen atoms in total. The van der Waals surface area contributed by atoms with Gasteiger partial charge in [-0.05, 0) is 0 Å². The van der Waals surface area contributed by atoms with Gasteiger partial charge in [0.1, 0.15) is 0 Å². The standard InChI is InChI=1S/C35H25OSe2/c1-4-14-25(15-5-1)33(37-27-17-6-2-7-18-27)35-31-23-13-12-22-30(31)32-34(38(35)28-19-8-3-9-20-28)29-21-11-10-16-26(29)24-36-32/h1-23H,24H2/q+1/b35-33+. The third kappa shape index (κ3) is 4.19. The molecule has 0 saturated carbocycles. The summed E-state index contributed by atoms with van der Waals surface area (Å²) in [5, 5.41) is 0. The van der Waals surface area contributed by atoms with Crippen LogP contribution < -0.4 is 8.92 Å². The normalized spacial score (nSPS) is 15.7. The van der Waals surface area contributed by atoms with Crippen LogP contribution in [-0.4, -0.2) is 28.9 Å². The van der Waals surface area contributed by atoms with Crippen molar-refractivity contribution < 1.29 is 4.74 Å². The summed E-state index contributed by atoms with van der Waals surface area (Å²) in [7, 11) is 0. The molecular formula is C35H25OSe2+. The Kier molecular flexibility index (Phi) is 6.37. The summed E-state index contributed by atoms with van der Waals surface area (Å²) in [4.78, 5) is 0. The Balaban J connectivity index is 1.60. The molecule has 0 unspecified atom stereocenters. The van der Waals surface area contributed by atoms with Crippen LogP contribution in [0.5, 0.6) is 0 Å². The third-order valence-electron chi connectivity index (χ3n) is 6.85.